The second kappa shape index (κ2) is 10.6. The first kappa shape index (κ1) is 23.8. The predicted molar refractivity (Wildman–Crippen MR) is 126 cm³/mol. The quantitative estimate of drug-likeness (QED) is 0.485. The highest BCUT2D eigenvalue weighted by Crippen LogP contribution is 2.19. The molecule has 33 heavy (non-hydrogen) atoms. The number of nitrogens with one attached hydrogen (secondary N) is 1. The SMILES string of the molecule is CCCOc1ccc(Nc2nc(=O)n([C@@H](C)CC(=O)O)c(=O)n2Cc2ccc(C)cc2)cc1. The second-order valence-corrected chi connectivity index (χ2v) is 7.89. The van der Waals surface area contributed by atoms with Crippen molar-refractivity contribution in [3.05, 3.63) is 80.6 Å². The van der Waals surface area contributed by atoms with Gasteiger partial charge in [-0.2, -0.15) is 4.98 Å². The molecule has 0 aliphatic heterocycles. The molecule has 0 amide bonds. The van der Waals surface area contributed by atoms with E-state index in [9.17, 15) is 14.4 Å². The molecule has 2 N–H and O–H groups in total. The predicted octanol–water partition coefficient (Wildman–Crippen LogP) is 3.33. The summed E-state index contributed by atoms with van der Waals surface area (Å²) in [6.07, 6.45) is 0.527. The van der Waals surface area contributed by atoms with Gasteiger partial charge in [0, 0.05) is 5.69 Å². The number of hydrogen-bond acceptors (Lipinski definition) is 6. The summed E-state index contributed by atoms with van der Waals surface area (Å²) in [7, 11) is 0. The zero-order chi connectivity index (χ0) is 24.0. The van der Waals surface area contributed by atoms with Crippen molar-refractivity contribution in [3.63, 3.8) is 0 Å². The van der Waals surface area contributed by atoms with Gasteiger partial charge >= 0.3 is 17.3 Å². The average molecular weight is 453 g/mol. The molecule has 9 heteroatoms. The van der Waals surface area contributed by atoms with Crippen molar-refractivity contribution in [2.45, 2.75) is 46.2 Å². The average Bonchev–Trinajstić information content (AvgIpc) is 2.76. The minimum atomic E-state index is -1.11. The van der Waals surface area contributed by atoms with E-state index in [1.165, 1.54) is 11.5 Å². The van der Waals surface area contributed by atoms with E-state index >= 15 is 0 Å². The molecule has 1 heterocycles. The van der Waals surface area contributed by atoms with Crippen molar-refractivity contribution in [2.24, 2.45) is 0 Å². The molecule has 0 bridgehead atoms. The third kappa shape index (κ3) is 6.09. The summed E-state index contributed by atoms with van der Waals surface area (Å²) in [5.41, 5.74) is 1.10. The monoisotopic (exact) mass is 452 g/mol. The van der Waals surface area contributed by atoms with E-state index in [1.54, 1.807) is 24.3 Å². The Morgan fingerprint density at radius 3 is 2.39 bits per heavy atom. The normalized spacial score (nSPS) is 11.7. The fourth-order valence-corrected chi connectivity index (χ4v) is 3.33. The third-order valence-corrected chi connectivity index (χ3v) is 5.06. The van der Waals surface area contributed by atoms with Crippen LogP contribution in [0.5, 0.6) is 5.75 Å². The highest BCUT2D eigenvalue weighted by Gasteiger charge is 2.20. The molecular formula is C24H28N4O5. The Morgan fingerprint density at radius 1 is 1.12 bits per heavy atom. The van der Waals surface area contributed by atoms with E-state index in [2.05, 4.69) is 10.3 Å². The minimum absolute atomic E-state index is 0.0755. The van der Waals surface area contributed by atoms with Crippen LogP contribution in [-0.4, -0.2) is 31.8 Å². The van der Waals surface area contributed by atoms with Gasteiger partial charge in [0.05, 0.1) is 25.6 Å². The smallest absolute Gasteiger partial charge is 0.355 e. The minimum Gasteiger partial charge on any atom is -0.494 e. The molecular weight excluding hydrogens is 424 g/mol. The number of ether oxygens (including phenoxy) is 1. The Labute approximate surface area is 191 Å². The molecule has 0 spiro atoms. The number of nitrogens with zero attached hydrogens (tertiary/aromatic N) is 3. The van der Waals surface area contributed by atoms with Gasteiger partial charge in [-0.1, -0.05) is 36.8 Å². The summed E-state index contributed by atoms with van der Waals surface area (Å²) < 4.78 is 7.81. The van der Waals surface area contributed by atoms with Gasteiger partial charge in [-0.3, -0.25) is 9.36 Å². The van der Waals surface area contributed by atoms with Crippen molar-refractivity contribution in [2.75, 3.05) is 11.9 Å². The van der Waals surface area contributed by atoms with Crippen LogP contribution in [0.2, 0.25) is 0 Å². The summed E-state index contributed by atoms with van der Waals surface area (Å²) >= 11 is 0. The van der Waals surface area contributed by atoms with E-state index in [4.69, 9.17) is 9.84 Å². The van der Waals surface area contributed by atoms with Gasteiger partial charge in [0.2, 0.25) is 5.95 Å². The molecule has 0 unspecified atom stereocenters. The van der Waals surface area contributed by atoms with Gasteiger partial charge in [0.1, 0.15) is 5.75 Å². The Balaban J connectivity index is 2.02. The summed E-state index contributed by atoms with van der Waals surface area (Å²) in [6, 6.07) is 13.9. The Hall–Kier alpha value is -3.88. The molecule has 3 rings (SSSR count). The molecule has 0 saturated heterocycles. The van der Waals surface area contributed by atoms with E-state index in [1.807, 2.05) is 38.1 Å². The number of carbonyl (C=O) groups is 1. The number of aromatic nitrogens is 3. The van der Waals surface area contributed by atoms with Gasteiger partial charge in [-0.25, -0.2) is 14.2 Å². The lowest BCUT2D eigenvalue weighted by Gasteiger charge is -2.18. The molecule has 0 aliphatic rings. The maximum atomic E-state index is 13.3. The highest BCUT2D eigenvalue weighted by atomic mass is 16.5. The number of carboxylic acid groups (broad SMARTS) is 1. The lowest BCUT2D eigenvalue weighted by atomic mass is 10.1. The fourth-order valence-electron chi connectivity index (χ4n) is 3.33. The number of rotatable bonds is 10. The molecule has 0 aliphatic carbocycles. The van der Waals surface area contributed by atoms with Crippen LogP contribution in [0.4, 0.5) is 11.6 Å². The Bertz CT molecular complexity index is 1210. The van der Waals surface area contributed by atoms with E-state index in [0.29, 0.717) is 18.0 Å². The number of aryl methyl sites for hydroxylation is 1. The molecule has 1 atom stereocenters. The summed E-state index contributed by atoms with van der Waals surface area (Å²) in [4.78, 5) is 41.2. The van der Waals surface area contributed by atoms with Gasteiger partial charge in [0.15, 0.2) is 0 Å². The van der Waals surface area contributed by atoms with Crippen LogP contribution in [0.1, 0.15) is 43.9 Å². The molecule has 0 saturated carbocycles. The number of anilines is 2. The van der Waals surface area contributed by atoms with Crippen molar-refractivity contribution in [1.82, 2.24) is 14.1 Å². The van der Waals surface area contributed by atoms with Crippen LogP contribution in [0.15, 0.2) is 58.1 Å². The largest absolute Gasteiger partial charge is 0.494 e. The second-order valence-electron chi connectivity index (χ2n) is 7.89. The van der Waals surface area contributed by atoms with Gasteiger partial charge < -0.3 is 15.2 Å². The maximum Gasteiger partial charge on any atom is 0.355 e. The van der Waals surface area contributed by atoms with Gasteiger partial charge in [-0.05, 0) is 50.1 Å². The number of aliphatic carboxylic acids is 1. The van der Waals surface area contributed by atoms with Crippen LogP contribution in [0.25, 0.3) is 0 Å². The molecule has 2 aromatic carbocycles. The van der Waals surface area contributed by atoms with Crippen LogP contribution < -0.4 is 21.4 Å². The van der Waals surface area contributed by atoms with Crippen LogP contribution in [0.3, 0.4) is 0 Å². The van der Waals surface area contributed by atoms with Crippen molar-refractivity contribution >= 4 is 17.6 Å². The molecule has 1 aromatic heterocycles. The van der Waals surface area contributed by atoms with Gasteiger partial charge in [0.25, 0.3) is 0 Å². The lowest BCUT2D eigenvalue weighted by molar-refractivity contribution is -0.137. The lowest BCUT2D eigenvalue weighted by Crippen LogP contribution is -2.44. The third-order valence-electron chi connectivity index (χ3n) is 5.06. The van der Waals surface area contributed by atoms with Crippen LogP contribution >= 0.6 is 0 Å². The molecule has 174 valence electrons. The maximum absolute atomic E-state index is 13.3. The fraction of sp³-hybridized carbons (Fsp3) is 0.333. The molecule has 3 aromatic rings. The zero-order valence-corrected chi connectivity index (χ0v) is 18.9. The number of hydrogen-bond donors (Lipinski definition) is 2. The van der Waals surface area contributed by atoms with Crippen LogP contribution in [0, 0.1) is 6.92 Å². The number of carboxylic acids is 1. The topological polar surface area (TPSA) is 115 Å². The van der Waals surface area contributed by atoms with Gasteiger partial charge in [-0.15, -0.1) is 0 Å². The van der Waals surface area contributed by atoms with E-state index < -0.39 is 23.4 Å². The summed E-state index contributed by atoms with van der Waals surface area (Å²) in [5, 5.41) is 12.2. The Morgan fingerprint density at radius 2 is 1.79 bits per heavy atom. The summed E-state index contributed by atoms with van der Waals surface area (Å²) in [5.74, 6) is -0.316. The highest BCUT2D eigenvalue weighted by molar-refractivity contribution is 5.67. The zero-order valence-electron chi connectivity index (χ0n) is 18.9. The first-order chi connectivity index (χ1) is 15.8. The van der Waals surface area contributed by atoms with Crippen molar-refractivity contribution in [3.8, 4) is 5.75 Å². The first-order valence-corrected chi connectivity index (χ1v) is 10.8. The number of benzene rings is 2. The molecule has 0 radical (unpaired) electrons. The molecule has 0 fully saturated rings. The standard InChI is InChI=1S/C24H28N4O5/c1-4-13-33-20-11-9-19(10-12-20)25-22-26-23(31)28(17(3)14-21(29)30)24(32)27(22)15-18-7-5-16(2)6-8-18/h5-12,17H,4,13-15H2,1-3H3,(H,29,30)(H,25,26,31)/t17-/m0/s1. The first-order valence-electron chi connectivity index (χ1n) is 10.8. The Kier molecular flexibility index (Phi) is 7.66. The van der Waals surface area contributed by atoms with E-state index in [-0.39, 0.29) is 18.9 Å². The van der Waals surface area contributed by atoms with Crippen molar-refractivity contribution < 1.29 is 14.6 Å². The molecule has 9 nitrogen and oxygen atoms in total. The van der Waals surface area contributed by atoms with E-state index in [0.717, 1.165) is 22.1 Å². The van der Waals surface area contributed by atoms with Crippen molar-refractivity contribution in [1.29, 1.82) is 0 Å². The summed E-state index contributed by atoms with van der Waals surface area (Å²) in [6.45, 7) is 6.26. The van der Waals surface area contributed by atoms with Crippen LogP contribution in [-0.2, 0) is 11.3 Å².